The fourth-order valence-corrected chi connectivity index (χ4v) is 3.81. The minimum absolute atomic E-state index is 0.158. The third-order valence-electron chi connectivity index (χ3n) is 5.78. The van der Waals surface area contributed by atoms with Gasteiger partial charge in [-0.3, -0.25) is 14.6 Å². The molecule has 1 saturated heterocycles. The number of pyridine rings is 1. The zero-order chi connectivity index (χ0) is 21.8. The molecule has 1 fully saturated rings. The monoisotopic (exact) mass is 418 g/mol. The first-order valence-electron chi connectivity index (χ1n) is 10.5. The molecule has 0 bridgehead atoms. The number of likely N-dealkylation sites (tertiary alicyclic amines) is 1. The van der Waals surface area contributed by atoms with E-state index in [0.717, 1.165) is 29.5 Å². The summed E-state index contributed by atoms with van der Waals surface area (Å²) in [7, 11) is 0. The standard InChI is InChI=1S/C24H26N4O3/c1-16-8-9-19(12-17(16)2)22-13-20(27-31-22)24(30)28-11-4-3-7-21(28)23(29)26-15-18-6-5-10-25-14-18/h5-6,8-10,12-14,21H,3-4,7,11,15H2,1-2H3,(H,26,29)/t21-/m0/s1. The Labute approximate surface area is 181 Å². The molecule has 0 radical (unpaired) electrons. The molecule has 0 spiro atoms. The maximum absolute atomic E-state index is 13.2. The van der Waals surface area contributed by atoms with E-state index in [0.29, 0.717) is 25.3 Å². The van der Waals surface area contributed by atoms with Crippen molar-refractivity contribution < 1.29 is 14.1 Å². The van der Waals surface area contributed by atoms with Gasteiger partial charge in [0.1, 0.15) is 6.04 Å². The normalized spacial score (nSPS) is 16.2. The molecule has 0 unspecified atom stereocenters. The number of benzene rings is 1. The highest BCUT2D eigenvalue weighted by molar-refractivity contribution is 5.96. The molecule has 3 aromatic rings. The van der Waals surface area contributed by atoms with Gasteiger partial charge in [0, 0.05) is 37.1 Å². The Bertz CT molecular complexity index is 1080. The number of nitrogens with one attached hydrogen (secondary N) is 1. The highest BCUT2D eigenvalue weighted by Gasteiger charge is 2.34. The van der Waals surface area contributed by atoms with Crippen molar-refractivity contribution >= 4 is 11.8 Å². The van der Waals surface area contributed by atoms with E-state index in [9.17, 15) is 9.59 Å². The average Bonchev–Trinajstić information content (AvgIpc) is 3.30. The predicted octanol–water partition coefficient (Wildman–Crippen LogP) is 3.66. The SMILES string of the molecule is Cc1ccc(-c2cc(C(=O)N3CCCC[C@H]3C(=O)NCc3cccnc3)no2)cc1C. The van der Waals surface area contributed by atoms with E-state index in [1.165, 1.54) is 5.56 Å². The Morgan fingerprint density at radius 2 is 2.03 bits per heavy atom. The molecule has 2 amide bonds. The number of hydrogen-bond donors (Lipinski definition) is 1. The predicted molar refractivity (Wildman–Crippen MR) is 116 cm³/mol. The number of aryl methyl sites for hydroxylation is 2. The molecule has 31 heavy (non-hydrogen) atoms. The smallest absolute Gasteiger partial charge is 0.276 e. The van der Waals surface area contributed by atoms with Crippen LogP contribution in [-0.4, -0.2) is 39.4 Å². The summed E-state index contributed by atoms with van der Waals surface area (Å²) in [5.74, 6) is 0.107. The minimum atomic E-state index is -0.514. The summed E-state index contributed by atoms with van der Waals surface area (Å²) < 4.78 is 5.45. The maximum atomic E-state index is 13.2. The number of aromatic nitrogens is 2. The Hall–Kier alpha value is -3.48. The Morgan fingerprint density at radius 3 is 2.81 bits per heavy atom. The first kappa shape index (κ1) is 20.8. The van der Waals surface area contributed by atoms with Gasteiger partial charge in [0.2, 0.25) is 5.91 Å². The topological polar surface area (TPSA) is 88.3 Å². The van der Waals surface area contributed by atoms with Gasteiger partial charge in [0.15, 0.2) is 11.5 Å². The molecule has 2 aromatic heterocycles. The van der Waals surface area contributed by atoms with E-state index in [-0.39, 0.29) is 17.5 Å². The van der Waals surface area contributed by atoms with E-state index < -0.39 is 6.04 Å². The number of carbonyl (C=O) groups excluding carboxylic acids is 2. The van der Waals surface area contributed by atoms with Gasteiger partial charge in [-0.25, -0.2) is 0 Å². The third-order valence-corrected chi connectivity index (χ3v) is 5.78. The van der Waals surface area contributed by atoms with E-state index in [4.69, 9.17) is 4.52 Å². The van der Waals surface area contributed by atoms with E-state index in [1.807, 2.05) is 44.2 Å². The van der Waals surface area contributed by atoms with Crippen molar-refractivity contribution in [3.8, 4) is 11.3 Å². The molecule has 7 heteroatoms. The molecule has 1 aliphatic heterocycles. The molecule has 7 nitrogen and oxygen atoms in total. The summed E-state index contributed by atoms with van der Waals surface area (Å²) in [5, 5.41) is 6.93. The number of nitrogens with zero attached hydrogens (tertiary/aromatic N) is 3. The lowest BCUT2D eigenvalue weighted by Gasteiger charge is -2.34. The maximum Gasteiger partial charge on any atom is 0.276 e. The molecule has 1 atom stereocenters. The van der Waals surface area contributed by atoms with Gasteiger partial charge in [-0.1, -0.05) is 23.4 Å². The van der Waals surface area contributed by atoms with Crippen molar-refractivity contribution in [2.24, 2.45) is 0 Å². The summed E-state index contributed by atoms with van der Waals surface area (Å²) >= 11 is 0. The molecular formula is C24H26N4O3. The van der Waals surface area contributed by atoms with Crippen molar-refractivity contribution in [3.05, 3.63) is 71.2 Å². The van der Waals surface area contributed by atoms with E-state index >= 15 is 0 Å². The number of hydrogen-bond acceptors (Lipinski definition) is 5. The fourth-order valence-electron chi connectivity index (χ4n) is 3.81. The van der Waals surface area contributed by atoms with Crippen LogP contribution in [0.2, 0.25) is 0 Å². The first-order chi connectivity index (χ1) is 15.0. The summed E-state index contributed by atoms with van der Waals surface area (Å²) in [5.41, 5.74) is 4.34. The lowest BCUT2D eigenvalue weighted by molar-refractivity contribution is -0.126. The first-order valence-corrected chi connectivity index (χ1v) is 10.5. The van der Waals surface area contributed by atoms with Crippen molar-refractivity contribution in [3.63, 3.8) is 0 Å². The summed E-state index contributed by atoms with van der Waals surface area (Å²) in [6.07, 6.45) is 5.80. The molecule has 1 N–H and O–H groups in total. The molecule has 1 aromatic carbocycles. The van der Waals surface area contributed by atoms with Crippen LogP contribution in [0.1, 0.15) is 46.4 Å². The number of piperidine rings is 1. The molecule has 160 valence electrons. The summed E-state index contributed by atoms with van der Waals surface area (Å²) in [6, 6.07) is 10.9. The highest BCUT2D eigenvalue weighted by Crippen LogP contribution is 2.25. The molecule has 3 heterocycles. The van der Waals surface area contributed by atoms with Gasteiger partial charge in [0.25, 0.3) is 5.91 Å². The lowest BCUT2D eigenvalue weighted by Crippen LogP contribution is -2.51. The average molecular weight is 418 g/mol. The quantitative estimate of drug-likeness (QED) is 0.683. The molecule has 0 aliphatic carbocycles. The van der Waals surface area contributed by atoms with E-state index in [1.54, 1.807) is 23.4 Å². The zero-order valence-corrected chi connectivity index (χ0v) is 17.8. The van der Waals surface area contributed by atoms with Crippen LogP contribution in [0.15, 0.2) is 53.3 Å². The van der Waals surface area contributed by atoms with Crippen LogP contribution in [0.5, 0.6) is 0 Å². The van der Waals surface area contributed by atoms with Crippen LogP contribution in [0, 0.1) is 13.8 Å². The Balaban J connectivity index is 1.47. The minimum Gasteiger partial charge on any atom is -0.355 e. The summed E-state index contributed by atoms with van der Waals surface area (Å²) in [6.45, 7) is 4.98. The second-order valence-corrected chi connectivity index (χ2v) is 7.96. The van der Waals surface area contributed by atoms with Gasteiger partial charge in [0.05, 0.1) is 0 Å². The largest absolute Gasteiger partial charge is 0.355 e. The third kappa shape index (κ3) is 4.66. The number of amides is 2. The molecular weight excluding hydrogens is 392 g/mol. The van der Waals surface area contributed by atoms with E-state index in [2.05, 4.69) is 15.5 Å². The zero-order valence-electron chi connectivity index (χ0n) is 17.8. The second kappa shape index (κ2) is 9.12. The van der Waals surface area contributed by atoms with Crippen LogP contribution < -0.4 is 5.32 Å². The van der Waals surface area contributed by atoms with Crippen LogP contribution in [0.3, 0.4) is 0 Å². The van der Waals surface area contributed by atoms with Crippen LogP contribution in [-0.2, 0) is 11.3 Å². The van der Waals surface area contributed by atoms with Gasteiger partial charge in [-0.2, -0.15) is 0 Å². The van der Waals surface area contributed by atoms with Gasteiger partial charge in [-0.05, 0) is 61.9 Å². The molecule has 0 saturated carbocycles. The Morgan fingerprint density at radius 1 is 1.16 bits per heavy atom. The highest BCUT2D eigenvalue weighted by atomic mass is 16.5. The number of carbonyl (C=O) groups is 2. The van der Waals surface area contributed by atoms with Crippen molar-refractivity contribution in [2.45, 2.75) is 45.7 Å². The van der Waals surface area contributed by atoms with Crippen LogP contribution in [0.4, 0.5) is 0 Å². The van der Waals surface area contributed by atoms with Crippen LogP contribution >= 0.6 is 0 Å². The fraction of sp³-hybridized carbons (Fsp3) is 0.333. The Kier molecular flexibility index (Phi) is 6.11. The van der Waals surface area contributed by atoms with Crippen LogP contribution in [0.25, 0.3) is 11.3 Å². The van der Waals surface area contributed by atoms with Crippen molar-refractivity contribution in [2.75, 3.05) is 6.54 Å². The van der Waals surface area contributed by atoms with Crippen molar-refractivity contribution in [1.29, 1.82) is 0 Å². The van der Waals surface area contributed by atoms with Crippen molar-refractivity contribution in [1.82, 2.24) is 20.4 Å². The number of rotatable bonds is 5. The second-order valence-electron chi connectivity index (χ2n) is 7.96. The van der Waals surface area contributed by atoms with Gasteiger partial charge < -0.3 is 14.7 Å². The molecule has 4 rings (SSSR count). The lowest BCUT2D eigenvalue weighted by atomic mass is 10.0. The molecule has 1 aliphatic rings. The van der Waals surface area contributed by atoms with Gasteiger partial charge >= 0.3 is 0 Å². The summed E-state index contributed by atoms with van der Waals surface area (Å²) in [4.78, 5) is 31.7. The van der Waals surface area contributed by atoms with Gasteiger partial charge in [-0.15, -0.1) is 0 Å².